The van der Waals surface area contributed by atoms with Crippen LogP contribution in [0.25, 0.3) is 0 Å². The summed E-state index contributed by atoms with van der Waals surface area (Å²) in [5.41, 5.74) is 2.96. The van der Waals surface area contributed by atoms with Crippen molar-refractivity contribution in [2.45, 2.75) is 6.42 Å². The smallest absolute Gasteiger partial charge is 0.251 e. The number of carbonyl (C=O) groups is 1. The number of hydrogen-bond acceptors (Lipinski definition) is 2. The molecule has 4 heteroatoms. The zero-order valence-electron chi connectivity index (χ0n) is 11.7. The molecule has 0 fully saturated rings. The number of halogens is 1. The van der Waals surface area contributed by atoms with Gasteiger partial charge in [-0.25, -0.2) is 4.39 Å². The number of amides is 1. The summed E-state index contributed by atoms with van der Waals surface area (Å²) in [4.78, 5) is 14.2. The summed E-state index contributed by atoms with van der Waals surface area (Å²) in [7, 11) is 0. The minimum absolute atomic E-state index is 0.234. The maximum absolute atomic E-state index is 13.1. The zero-order valence-corrected chi connectivity index (χ0v) is 11.7. The summed E-state index contributed by atoms with van der Waals surface area (Å²) >= 11 is 0. The first-order valence-corrected chi connectivity index (χ1v) is 7.10. The van der Waals surface area contributed by atoms with Gasteiger partial charge in [-0.3, -0.25) is 4.79 Å². The van der Waals surface area contributed by atoms with Crippen molar-refractivity contribution >= 4 is 11.6 Å². The molecule has 0 aliphatic carbocycles. The van der Waals surface area contributed by atoms with Gasteiger partial charge in [0.25, 0.3) is 5.91 Å². The van der Waals surface area contributed by atoms with Crippen LogP contribution in [0.15, 0.2) is 48.5 Å². The van der Waals surface area contributed by atoms with Gasteiger partial charge in [0.05, 0.1) is 0 Å². The molecular formula is C17H17FN2O. The molecule has 3 rings (SSSR count). The van der Waals surface area contributed by atoms with E-state index < -0.39 is 5.82 Å². The molecule has 0 spiro atoms. The van der Waals surface area contributed by atoms with Gasteiger partial charge in [-0.2, -0.15) is 0 Å². The Kier molecular flexibility index (Phi) is 3.86. The highest BCUT2D eigenvalue weighted by Crippen LogP contribution is 2.26. The topological polar surface area (TPSA) is 32.3 Å². The summed E-state index contributed by atoms with van der Waals surface area (Å²) < 4.78 is 13.1. The number of nitrogens with one attached hydrogen (secondary N) is 1. The van der Waals surface area contributed by atoms with Gasteiger partial charge >= 0.3 is 0 Å². The van der Waals surface area contributed by atoms with Gasteiger partial charge in [-0.15, -0.1) is 0 Å². The second-order valence-electron chi connectivity index (χ2n) is 5.13. The van der Waals surface area contributed by atoms with Gasteiger partial charge < -0.3 is 10.2 Å². The van der Waals surface area contributed by atoms with Gasteiger partial charge in [-0.1, -0.05) is 24.3 Å². The van der Waals surface area contributed by atoms with Crippen molar-refractivity contribution in [3.8, 4) is 0 Å². The Morgan fingerprint density at radius 1 is 1.19 bits per heavy atom. The van der Waals surface area contributed by atoms with Gasteiger partial charge in [0.15, 0.2) is 0 Å². The minimum atomic E-state index is -0.392. The van der Waals surface area contributed by atoms with Crippen LogP contribution in [-0.2, 0) is 6.42 Å². The molecule has 0 saturated heterocycles. The maximum atomic E-state index is 13.1. The minimum Gasteiger partial charge on any atom is -0.369 e. The maximum Gasteiger partial charge on any atom is 0.251 e. The van der Waals surface area contributed by atoms with E-state index in [9.17, 15) is 9.18 Å². The van der Waals surface area contributed by atoms with Crippen LogP contribution in [0.3, 0.4) is 0 Å². The molecule has 0 unspecified atom stereocenters. The average Bonchev–Trinajstić information content (AvgIpc) is 2.91. The van der Waals surface area contributed by atoms with Crippen LogP contribution in [0.4, 0.5) is 10.1 Å². The highest BCUT2D eigenvalue weighted by Gasteiger charge is 2.17. The lowest BCUT2D eigenvalue weighted by atomic mass is 10.2. The first-order chi connectivity index (χ1) is 10.2. The van der Waals surface area contributed by atoms with Gasteiger partial charge in [-0.05, 0) is 36.2 Å². The van der Waals surface area contributed by atoms with Crippen LogP contribution < -0.4 is 10.2 Å². The van der Waals surface area contributed by atoms with Crippen LogP contribution in [-0.4, -0.2) is 25.5 Å². The Labute approximate surface area is 123 Å². The fraction of sp³-hybridized carbons (Fsp3) is 0.235. The van der Waals surface area contributed by atoms with E-state index in [1.54, 1.807) is 12.1 Å². The molecule has 21 heavy (non-hydrogen) atoms. The number of hydrogen-bond donors (Lipinski definition) is 1. The van der Waals surface area contributed by atoms with E-state index in [2.05, 4.69) is 22.3 Å². The molecule has 1 aliphatic rings. The largest absolute Gasteiger partial charge is 0.369 e. The molecule has 0 saturated carbocycles. The number of anilines is 1. The van der Waals surface area contributed by atoms with Gasteiger partial charge in [0, 0.05) is 30.9 Å². The van der Waals surface area contributed by atoms with E-state index in [0.29, 0.717) is 12.1 Å². The molecule has 0 atom stereocenters. The van der Waals surface area contributed by atoms with E-state index in [0.717, 1.165) is 19.5 Å². The third-order valence-electron chi connectivity index (χ3n) is 3.74. The second-order valence-corrected chi connectivity index (χ2v) is 5.13. The standard InChI is InChI=1S/C17H17FN2O/c18-15-6-3-5-14(12-15)17(21)19-9-11-20-10-8-13-4-1-2-7-16(13)20/h1-7,12H,8-11H2,(H,19,21). The van der Waals surface area contributed by atoms with E-state index in [1.807, 2.05) is 12.1 Å². The molecule has 2 aromatic rings. The number of benzene rings is 2. The predicted octanol–water partition coefficient (Wildman–Crippen LogP) is 2.62. The summed E-state index contributed by atoms with van der Waals surface area (Å²) in [5, 5.41) is 2.84. The summed E-state index contributed by atoms with van der Waals surface area (Å²) in [6.07, 6.45) is 1.05. The Balaban J connectivity index is 1.54. The summed E-state index contributed by atoms with van der Waals surface area (Å²) in [6, 6.07) is 14.1. The summed E-state index contributed by atoms with van der Waals surface area (Å²) in [6.45, 7) is 2.29. The molecule has 1 aliphatic heterocycles. The number of carbonyl (C=O) groups excluding carboxylic acids is 1. The average molecular weight is 284 g/mol. The molecule has 1 heterocycles. The molecule has 2 aromatic carbocycles. The molecule has 108 valence electrons. The third-order valence-corrected chi connectivity index (χ3v) is 3.74. The van der Waals surface area contributed by atoms with Crippen molar-refractivity contribution in [1.82, 2.24) is 5.32 Å². The van der Waals surface area contributed by atoms with Crippen LogP contribution in [0.1, 0.15) is 15.9 Å². The van der Waals surface area contributed by atoms with Crippen LogP contribution >= 0.6 is 0 Å². The van der Waals surface area contributed by atoms with Crippen molar-refractivity contribution in [2.24, 2.45) is 0 Å². The van der Waals surface area contributed by atoms with E-state index in [-0.39, 0.29) is 5.91 Å². The Bertz CT molecular complexity index is 657. The van der Waals surface area contributed by atoms with Crippen molar-refractivity contribution in [2.75, 3.05) is 24.5 Å². The van der Waals surface area contributed by atoms with Crippen molar-refractivity contribution in [1.29, 1.82) is 0 Å². The fourth-order valence-corrected chi connectivity index (χ4v) is 2.68. The Morgan fingerprint density at radius 2 is 2.05 bits per heavy atom. The number of rotatable bonds is 4. The molecule has 1 N–H and O–H groups in total. The third kappa shape index (κ3) is 3.05. The first kappa shape index (κ1) is 13.6. The van der Waals surface area contributed by atoms with Gasteiger partial charge in [0.2, 0.25) is 0 Å². The zero-order chi connectivity index (χ0) is 14.7. The summed E-state index contributed by atoms with van der Waals surface area (Å²) in [5.74, 6) is -0.627. The van der Waals surface area contributed by atoms with Crippen molar-refractivity contribution in [3.05, 3.63) is 65.5 Å². The predicted molar refractivity (Wildman–Crippen MR) is 81.1 cm³/mol. The van der Waals surface area contributed by atoms with E-state index in [4.69, 9.17) is 0 Å². The Morgan fingerprint density at radius 3 is 2.90 bits per heavy atom. The fourth-order valence-electron chi connectivity index (χ4n) is 2.68. The van der Waals surface area contributed by atoms with Crippen LogP contribution in [0.5, 0.6) is 0 Å². The molecule has 0 aromatic heterocycles. The molecule has 0 radical (unpaired) electrons. The van der Waals surface area contributed by atoms with Crippen LogP contribution in [0.2, 0.25) is 0 Å². The lowest BCUT2D eigenvalue weighted by Crippen LogP contribution is -2.34. The molecule has 1 amide bonds. The number of nitrogens with zero attached hydrogens (tertiary/aromatic N) is 1. The first-order valence-electron chi connectivity index (χ1n) is 7.10. The quantitative estimate of drug-likeness (QED) is 0.936. The number of fused-ring (bicyclic) bond motifs is 1. The lowest BCUT2D eigenvalue weighted by Gasteiger charge is -2.19. The van der Waals surface area contributed by atoms with Gasteiger partial charge in [0.1, 0.15) is 5.82 Å². The Hall–Kier alpha value is -2.36. The normalized spacial score (nSPS) is 13.1. The second kappa shape index (κ2) is 5.95. The molecule has 3 nitrogen and oxygen atoms in total. The van der Waals surface area contributed by atoms with E-state index in [1.165, 1.54) is 23.4 Å². The monoisotopic (exact) mass is 284 g/mol. The van der Waals surface area contributed by atoms with E-state index >= 15 is 0 Å². The van der Waals surface area contributed by atoms with Crippen molar-refractivity contribution < 1.29 is 9.18 Å². The SMILES string of the molecule is O=C(NCCN1CCc2ccccc21)c1cccc(F)c1. The lowest BCUT2D eigenvalue weighted by molar-refractivity contribution is 0.0954. The number of para-hydroxylation sites is 1. The molecular weight excluding hydrogens is 267 g/mol. The van der Waals surface area contributed by atoms with Crippen molar-refractivity contribution in [3.63, 3.8) is 0 Å². The molecule has 0 bridgehead atoms. The highest BCUT2D eigenvalue weighted by atomic mass is 19.1. The van der Waals surface area contributed by atoms with Crippen LogP contribution in [0, 0.1) is 5.82 Å². The highest BCUT2D eigenvalue weighted by molar-refractivity contribution is 5.94.